The Morgan fingerprint density at radius 2 is 1.94 bits per heavy atom. The van der Waals surface area contributed by atoms with Crippen LogP contribution in [-0.2, 0) is 4.74 Å². The summed E-state index contributed by atoms with van der Waals surface area (Å²) >= 11 is 0. The summed E-state index contributed by atoms with van der Waals surface area (Å²) in [5.74, 6) is 0.177. The number of carbonyl (C=O) groups is 1. The molecule has 2 unspecified atom stereocenters. The van der Waals surface area contributed by atoms with Gasteiger partial charge in [0.1, 0.15) is 0 Å². The summed E-state index contributed by atoms with van der Waals surface area (Å²) in [7, 11) is 1.69. The van der Waals surface area contributed by atoms with Gasteiger partial charge in [0.25, 0.3) is 0 Å². The van der Waals surface area contributed by atoms with Crippen molar-refractivity contribution in [2.24, 2.45) is 0 Å². The van der Waals surface area contributed by atoms with E-state index in [9.17, 15) is 4.79 Å². The Balaban J connectivity index is 2.14. The number of benzene rings is 1. The maximum atomic E-state index is 12.3. The second-order valence-corrected chi connectivity index (χ2v) is 4.79. The monoisotopic (exact) mass is 233 g/mol. The van der Waals surface area contributed by atoms with Crippen molar-refractivity contribution >= 4 is 5.78 Å². The molecule has 2 rings (SSSR count). The number of rotatable bonds is 3. The second kappa shape index (κ2) is 4.98. The Labute approximate surface area is 102 Å². The Kier molecular flexibility index (Phi) is 3.60. The fourth-order valence-electron chi connectivity index (χ4n) is 2.40. The highest BCUT2D eigenvalue weighted by Crippen LogP contribution is 2.17. The Bertz CT molecular complexity index is 408. The molecule has 3 heteroatoms. The fourth-order valence-corrected chi connectivity index (χ4v) is 2.40. The topological polar surface area (TPSA) is 38.3 Å². The third-order valence-electron chi connectivity index (χ3n) is 3.25. The van der Waals surface area contributed by atoms with E-state index in [2.05, 4.69) is 11.4 Å². The van der Waals surface area contributed by atoms with Crippen molar-refractivity contribution in [2.75, 3.05) is 13.7 Å². The molecule has 2 atom stereocenters. The van der Waals surface area contributed by atoms with Crippen molar-refractivity contribution < 1.29 is 9.53 Å². The normalized spacial score (nSPS) is 23.9. The summed E-state index contributed by atoms with van der Waals surface area (Å²) in [6.07, 6.45) is 0.928. The summed E-state index contributed by atoms with van der Waals surface area (Å²) in [5.41, 5.74) is 3.07. The molecule has 1 saturated heterocycles. The molecule has 1 fully saturated rings. The van der Waals surface area contributed by atoms with Gasteiger partial charge in [0, 0.05) is 19.2 Å². The van der Waals surface area contributed by atoms with Crippen molar-refractivity contribution in [3.8, 4) is 0 Å². The summed E-state index contributed by atoms with van der Waals surface area (Å²) < 4.78 is 5.26. The van der Waals surface area contributed by atoms with E-state index in [1.807, 2.05) is 26.0 Å². The van der Waals surface area contributed by atoms with Crippen molar-refractivity contribution in [1.29, 1.82) is 0 Å². The van der Waals surface area contributed by atoms with Gasteiger partial charge in [0.2, 0.25) is 0 Å². The fraction of sp³-hybridized carbons (Fsp3) is 0.500. The minimum absolute atomic E-state index is 0.0962. The Hall–Kier alpha value is -1.19. The largest absolute Gasteiger partial charge is 0.380 e. The number of Topliss-reactive ketones (excluding diaryl/α,β-unsaturated/α-hetero) is 1. The van der Waals surface area contributed by atoms with Crippen LogP contribution in [-0.4, -0.2) is 31.6 Å². The van der Waals surface area contributed by atoms with Gasteiger partial charge in [0.05, 0.1) is 12.1 Å². The number of ether oxygens (including phenoxy) is 1. The molecule has 1 N–H and O–H groups in total. The summed E-state index contributed by atoms with van der Waals surface area (Å²) in [6, 6.07) is 5.90. The lowest BCUT2D eigenvalue weighted by Gasteiger charge is -2.10. The minimum atomic E-state index is -0.0962. The molecule has 1 aromatic carbocycles. The average Bonchev–Trinajstić information content (AvgIpc) is 2.75. The molecule has 17 heavy (non-hydrogen) atoms. The van der Waals surface area contributed by atoms with Crippen LogP contribution in [0, 0.1) is 13.8 Å². The number of nitrogens with one attached hydrogen (secondary N) is 1. The zero-order valence-electron chi connectivity index (χ0n) is 10.6. The predicted molar refractivity (Wildman–Crippen MR) is 67.5 cm³/mol. The lowest BCUT2D eigenvalue weighted by atomic mass is 9.99. The Morgan fingerprint density at radius 1 is 1.29 bits per heavy atom. The number of ketones is 1. The number of methoxy groups -OCH3 is 1. The first kappa shape index (κ1) is 12.3. The number of aryl methyl sites for hydroxylation is 2. The first-order valence-corrected chi connectivity index (χ1v) is 5.99. The molecule has 1 aliphatic heterocycles. The Morgan fingerprint density at radius 3 is 2.47 bits per heavy atom. The summed E-state index contributed by atoms with van der Waals surface area (Å²) in [6.45, 7) is 4.80. The van der Waals surface area contributed by atoms with Crippen LogP contribution >= 0.6 is 0 Å². The SMILES string of the molecule is COC1CNC(C(=O)c2cc(C)cc(C)c2)C1. The van der Waals surface area contributed by atoms with Gasteiger partial charge < -0.3 is 10.1 Å². The molecular weight excluding hydrogens is 214 g/mol. The second-order valence-electron chi connectivity index (χ2n) is 4.79. The number of carbonyl (C=O) groups excluding carboxylic acids is 1. The number of hydrogen-bond acceptors (Lipinski definition) is 3. The van der Waals surface area contributed by atoms with Crippen LogP contribution in [0.5, 0.6) is 0 Å². The van der Waals surface area contributed by atoms with Gasteiger partial charge in [0.15, 0.2) is 5.78 Å². The lowest BCUT2D eigenvalue weighted by Crippen LogP contribution is -2.30. The average molecular weight is 233 g/mol. The quantitative estimate of drug-likeness (QED) is 0.810. The van der Waals surface area contributed by atoms with Crippen molar-refractivity contribution in [1.82, 2.24) is 5.32 Å². The van der Waals surface area contributed by atoms with Crippen molar-refractivity contribution in [2.45, 2.75) is 32.4 Å². The van der Waals surface area contributed by atoms with Crippen LogP contribution in [0.25, 0.3) is 0 Å². The van der Waals surface area contributed by atoms with Crippen LogP contribution in [0.15, 0.2) is 18.2 Å². The van der Waals surface area contributed by atoms with Gasteiger partial charge in [-0.05, 0) is 32.4 Å². The van der Waals surface area contributed by atoms with Crippen LogP contribution in [0.3, 0.4) is 0 Å². The molecule has 3 nitrogen and oxygen atoms in total. The molecule has 0 spiro atoms. The van der Waals surface area contributed by atoms with E-state index in [4.69, 9.17) is 4.74 Å². The molecule has 1 aromatic rings. The van der Waals surface area contributed by atoms with E-state index in [0.717, 1.165) is 29.7 Å². The maximum absolute atomic E-state index is 12.3. The summed E-state index contributed by atoms with van der Waals surface area (Å²) in [5, 5.41) is 3.22. The van der Waals surface area contributed by atoms with Crippen molar-refractivity contribution in [3.05, 3.63) is 34.9 Å². The molecule has 92 valence electrons. The van der Waals surface area contributed by atoms with E-state index in [1.165, 1.54) is 0 Å². The molecule has 1 heterocycles. The number of hydrogen-bond donors (Lipinski definition) is 1. The smallest absolute Gasteiger partial charge is 0.179 e. The van der Waals surface area contributed by atoms with E-state index >= 15 is 0 Å². The summed E-state index contributed by atoms with van der Waals surface area (Å²) in [4.78, 5) is 12.3. The zero-order chi connectivity index (χ0) is 12.4. The molecule has 1 aliphatic rings. The molecule has 0 saturated carbocycles. The van der Waals surface area contributed by atoms with Gasteiger partial charge in [-0.3, -0.25) is 4.79 Å². The minimum Gasteiger partial charge on any atom is -0.380 e. The van der Waals surface area contributed by atoms with Crippen molar-refractivity contribution in [3.63, 3.8) is 0 Å². The van der Waals surface area contributed by atoms with Gasteiger partial charge in [-0.1, -0.05) is 17.2 Å². The third-order valence-corrected chi connectivity index (χ3v) is 3.25. The maximum Gasteiger partial charge on any atom is 0.179 e. The van der Waals surface area contributed by atoms with Crippen LogP contribution < -0.4 is 5.32 Å². The molecule has 0 amide bonds. The standard InChI is InChI=1S/C14H19NO2/c1-9-4-10(2)6-11(5-9)14(16)13-7-12(17-3)8-15-13/h4-6,12-13,15H,7-8H2,1-3H3. The highest BCUT2D eigenvalue weighted by molar-refractivity contribution is 6.00. The van der Waals surface area contributed by atoms with E-state index in [1.54, 1.807) is 7.11 Å². The predicted octanol–water partition coefficient (Wildman–Crippen LogP) is 1.86. The molecule has 0 bridgehead atoms. The molecule has 0 radical (unpaired) electrons. The molecule has 0 aromatic heterocycles. The highest BCUT2D eigenvalue weighted by atomic mass is 16.5. The molecule has 0 aliphatic carbocycles. The highest BCUT2D eigenvalue weighted by Gasteiger charge is 2.29. The third kappa shape index (κ3) is 2.73. The van der Waals surface area contributed by atoms with Gasteiger partial charge in [-0.2, -0.15) is 0 Å². The van der Waals surface area contributed by atoms with Gasteiger partial charge in [-0.25, -0.2) is 0 Å². The van der Waals surface area contributed by atoms with E-state index < -0.39 is 0 Å². The van der Waals surface area contributed by atoms with Crippen LogP contribution in [0.1, 0.15) is 27.9 Å². The van der Waals surface area contributed by atoms with Crippen LogP contribution in [0.4, 0.5) is 0 Å². The van der Waals surface area contributed by atoms with Gasteiger partial charge >= 0.3 is 0 Å². The molecular formula is C14H19NO2. The van der Waals surface area contributed by atoms with E-state index in [-0.39, 0.29) is 17.9 Å². The zero-order valence-corrected chi connectivity index (χ0v) is 10.6. The first-order valence-electron chi connectivity index (χ1n) is 5.99. The lowest BCUT2D eigenvalue weighted by molar-refractivity contribution is 0.0918. The van der Waals surface area contributed by atoms with Gasteiger partial charge in [-0.15, -0.1) is 0 Å². The van der Waals surface area contributed by atoms with Crippen LogP contribution in [0.2, 0.25) is 0 Å². The first-order chi connectivity index (χ1) is 8.10. The van der Waals surface area contributed by atoms with E-state index in [0.29, 0.717) is 0 Å².